The van der Waals surface area contributed by atoms with E-state index in [0.29, 0.717) is 0 Å². The van der Waals surface area contributed by atoms with E-state index in [1.54, 1.807) is 24.2 Å². The molecule has 0 aliphatic rings. The first-order chi connectivity index (χ1) is 9.50. The minimum absolute atomic E-state index is 0.125. The number of benzene rings is 1. The van der Waals surface area contributed by atoms with Gasteiger partial charge in [-0.1, -0.05) is 28.9 Å². The van der Waals surface area contributed by atoms with Crippen LogP contribution >= 0.6 is 27.7 Å². The topological polar surface area (TPSA) is 33.1 Å². The molecule has 1 heterocycles. The molecule has 0 saturated heterocycles. The van der Waals surface area contributed by atoms with E-state index in [1.165, 1.54) is 4.90 Å². The van der Waals surface area contributed by atoms with Crippen molar-refractivity contribution in [1.82, 2.24) is 4.98 Å². The van der Waals surface area contributed by atoms with Gasteiger partial charge in [-0.2, -0.15) is 0 Å². The van der Waals surface area contributed by atoms with Gasteiger partial charge < -0.3 is 5.11 Å². The molecule has 0 aliphatic heterocycles. The van der Waals surface area contributed by atoms with E-state index >= 15 is 0 Å². The molecule has 0 spiro atoms. The van der Waals surface area contributed by atoms with Gasteiger partial charge in [0.25, 0.3) is 0 Å². The Balaban J connectivity index is 2.00. The van der Waals surface area contributed by atoms with Crippen LogP contribution < -0.4 is 0 Å². The van der Waals surface area contributed by atoms with Crippen molar-refractivity contribution in [3.63, 3.8) is 0 Å². The Kier molecular flexibility index (Phi) is 5.24. The first-order valence-electron chi connectivity index (χ1n) is 6.51. The fourth-order valence-electron chi connectivity index (χ4n) is 1.86. The Hall–Kier alpha value is -0.840. The molecule has 0 aliphatic carbocycles. The lowest BCUT2D eigenvalue weighted by molar-refractivity contribution is 0.0107. The van der Waals surface area contributed by atoms with Crippen molar-refractivity contribution in [2.45, 2.75) is 24.3 Å². The largest absolute Gasteiger partial charge is 0.385 e. The Morgan fingerprint density at radius 3 is 2.60 bits per heavy atom. The molecule has 1 aromatic heterocycles. The summed E-state index contributed by atoms with van der Waals surface area (Å²) in [6.45, 7) is 3.93. The summed E-state index contributed by atoms with van der Waals surface area (Å²) in [7, 11) is 0. The fraction of sp³-hybridized carbons (Fsp3) is 0.312. The summed E-state index contributed by atoms with van der Waals surface area (Å²) >= 11 is 5.19. The van der Waals surface area contributed by atoms with Gasteiger partial charge >= 0.3 is 0 Å². The van der Waals surface area contributed by atoms with Crippen LogP contribution in [0.3, 0.4) is 0 Å². The van der Waals surface area contributed by atoms with Crippen molar-refractivity contribution in [1.29, 1.82) is 0 Å². The molecular formula is C16H18BrNOS. The second-order valence-corrected chi connectivity index (χ2v) is 7.06. The van der Waals surface area contributed by atoms with Crippen LogP contribution in [0.2, 0.25) is 0 Å². The van der Waals surface area contributed by atoms with Crippen molar-refractivity contribution in [2.75, 3.05) is 5.75 Å². The van der Waals surface area contributed by atoms with Crippen LogP contribution in [0.1, 0.15) is 19.4 Å². The Morgan fingerprint density at radius 1 is 1.30 bits per heavy atom. The highest BCUT2D eigenvalue weighted by Gasteiger charge is 2.30. The summed E-state index contributed by atoms with van der Waals surface area (Å²) in [5.41, 5.74) is 0.000267. The Bertz CT molecular complexity index is 542. The molecule has 1 aromatic carbocycles. The van der Waals surface area contributed by atoms with Crippen LogP contribution in [0.25, 0.3) is 0 Å². The summed E-state index contributed by atoms with van der Waals surface area (Å²) in [5, 5.41) is 10.7. The highest BCUT2D eigenvalue weighted by molar-refractivity contribution is 9.10. The first-order valence-corrected chi connectivity index (χ1v) is 8.29. The fourth-order valence-corrected chi connectivity index (χ4v) is 3.22. The van der Waals surface area contributed by atoms with Crippen LogP contribution in [-0.4, -0.2) is 15.8 Å². The van der Waals surface area contributed by atoms with Crippen LogP contribution in [0.5, 0.6) is 0 Å². The zero-order valence-corrected chi connectivity index (χ0v) is 14.0. The third-order valence-corrected chi connectivity index (χ3v) is 5.32. The quantitative estimate of drug-likeness (QED) is 0.806. The van der Waals surface area contributed by atoms with E-state index in [9.17, 15) is 5.11 Å². The number of pyridine rings is 1. The van der Waals surface area contributed by atoms with Crippen LogP contribution in [0, 0.1) is 5.92 Å². The van der Waals surface area contributed by atoms with Gasteiger partial charge in [0.05, 0.1) is 5.60 Å². The highest BCUT2D eigenvalue weighted by atomic mass is 79.9. The smallest absolute Gasteiger partial charge is 0.0916 e. The summed E-state index contributed by atoms with van der Waals surface area (Å²) in [5.74, 6) is 0.976. The molecule has 0 fully saturated rings. The normalized spacial score (nSPS) is 15.6. The Labute approximate surface area is 132 Å². The summed E-state index contributed by atoms with van der Waals surface area (Å²) < 4.78 is 1.08. The number of aliphatic hydroxyl groups is 1. The third kappa shape index (κ3) is 3.84. The first kappa shape index (κ1) is 15.5. The van der Waals surface area contributed by atoms with Crippen molar-refractivity contribution in [2.24, 2.45) is 5.92 Å². The average molecular weight is 352 g/mol. The molecule has 2 atom stereocenters. The zero-order valence-electron chi connectivity index (χ0n) is 11.6. The molecule has 4 heteroatoms. The van der Waals surface area contributed by atoms with E-state index in [2.05, 4.69) is 40.0 Å². The maximum Gasteiger partial charge on any atom is 0.0916 e. The third-order valence-electron chi connectivity index (χ3n) is 3.52. The van der Waals surface area contributed by atoms with Crippen LogP contribution in [0.4, 0.5) is 0 Å². The molecule has 2 unspecified atom stereocenters. The van der Waals surface area contributed by atoms with Gasteiger partial charge in [-0.25, -0.2) is 0 Å². The second-order valence-electron chi connectivity index (χ2n) is 5.06. The molecule has 2 aromatic rings. The predicted octanol–water partition coefficient (Wildman–Crippen LogP) is 4.48. The molecule has 0 radical (unpaired) electrons. The lowest BCUT2D eigenvalue weighted by Crippen LogP contribution is -2.31. The number of thioether (sulfide) groups is 1. The van der Waals surface area contributed by atoms with Gasteiger partial charge in [0, 0.05) is 33.1 Å². The van der Waals surface area contributed by atoms with E-state index in [1.807, 2.05) is 31.2 Å². The monoisotopic (exact) mass is 351 g/mol. The zero-order chi connectivity index (χ0) is 14.6. The van der Waals surface area contributed by atoms with E-state index in [0.717, 1.165) is 15.8 Å². The van der Waals surface area contributed by atoms with E-state index in [-0.39, 0.29) is 5.92 Å². The van der Waals surface area contributed by atoms with Crippen molar-refractivity contribution in [3.8, 4) is 0 Å². The van der Waals surface area contributed by atoms with E-state index in [4.69, 9.17) is 0 Å². The molecule has 2 rings (SSSR count). The maximum absolute atomic E-state index is 10.7. The predicted molar refractivity (Wildman–Crippen MR) is 87.8 cm³/mol. The highest BCUT2D eigenvalue weighted by Crippen LogP contribution is 2.33. The SMILES string of the molecule is CC(CSc1ccc(Br)cc1)C(C)(O)c1cccnc1. The summed E-state index contributed by atoms with van der Waals surface area (Å²) in [6, 6.07) is 12.0. The number of hydrogen-bond donors (Lipinski definition) is 1. The molecule has 0 bridgehead atoms. The molecule has 2 nitrogen and oxygen atoms in total. The van der Waals surface area contributed by atoms with Gasteiger partial charge in [-0.15, -0.1) is 11.8 Å². The number of rotatable bonds is 5. The standard InChI is InChI=1S/C16H18BrNOS/c1-12(11-20-15-7-5-14(17)6-8-15)16(2,19)13-4-3-9-18-10-13/h3-10,12,19H,11H2,1-2H3. The molecule has 106 valence electrons. The minimum Gasteiger partial charge on any atom is -0.385 e. The molecule has 0 amide bonds. The molecule has 0 saturated carbocycles. The van der Waals surface area contributed by atoms with Crippen LogP contribution in [0.15, 0.2) is 58.2 Å². The van der Waals surface area contributed by atoms with Crippen molar-refractivity contribution < 1.29 is 5.11 Å². The number of nitrogens with zero attached hydrogens (tertiary/aromatic N) is 1. The maximum atomic E-state index is 10.7. The number of aromatic nitrogens is 1. The second kappa shape index (κ2) is 6.74. The minimum atomic E-state index is -0.864. The Morgan fingerprint density at radius 2 is 2.00 bits per heavy atom. The summed E-state index contributed by atoms with van der Waals surface area (Å²) in [4.78, 5) is 5.30. The lowest BCUT2D eigenvalue weighted by atomic mass is 9.86. The van der Waals surface area contributed by atoms with Crippen LogP contribution in [-0.2, 0) is 5.60 Å². The number of halogens is 1. The average Bonchev–Trinajstić information content (AvgIpc) is 2.47. The summed E-state index contributed by atoms with van der Waals surface area (Å²) in [6.07, 6.45) is 3.46. The van der Waals surface area contributed by atoms with Crippen molar-refractivity contribution in [3.05, 3.63) is 58.8 Å². The molecular weight excluding hydrogens is 334 g/mol. The van der Waals surface area contributed by atoms with Crippen molar-refractivity contribution >= 4 is 27.7 Å². The number of hydrogen-bond acceptors (Lipinski definition) is 3. The van der Waals surface area contributed by atoms with E-state index < -0.39 is 5.60 Å². The molecule has 1 N–H and O–H groups in total. The van der Waals surface area contributed by atoms with Gasteiger partial charge in [0.1, 0.15) is 0 Å². The van der Waals surface area contributed by atoms with Gasteiger partial charge in [0.15, 0.2) is 0 Å². The van der Waals surface area contributed by atoms with Gasteiger partial charge in [-0.05, 0) is 43.2 Å². The molecule has 20 heavy (non-hydrogen) atoms. The van der Waals surface area contributed by atoms with Gasteiger partial charge in [-0.3, -0.25) is 4.98 Å². The van der Waals surface area contributed by atoms with Gasteiger partial charge in [0.2, 0.25) is 0 Å². The lowest BCUT2D eigenvalue weighted by Gasteiger charge is -2.30.